The predicted molar refractivity (Wildman–Crippen MR) is 47.9 cm³/mol. The number of hydrogen-bond acceptors (Lipinski definition) is 8. The first-order valence-corrected chi connectivity index (χ1v) is 6.89. The van der Waals surface area contributed by atoms with Crippen LogP contribution in [0.15, 0.2) is 0 Å². The smallest absolute Gasteiger partial charge is 0.328 e. The average molecular weight is 248 g/mol. The standard InChI is InChI=1S/C4H12N2O6S2/c5-1-3-11-13(7,8)14(9,10)12-4-2-6/h1-6H2. The lowest BCUT2D eigenvalue weighted by molar-refractivity contribution is 0.310. The first-order chi connectivity index (χ1) is 6.37. The van der Waals surface area contributed by atoms with Crippen LogP contribution in [0.4, 0.5) is 0 Å². The maximum absolute atomic E-state index is 10.9. The van der Waals surface area contributed by atoms with Gasteiger partial charge < -0.3 is 11.5 Å². The van der Waals surface area contributed by atoms with Crippen molar-refractivity contribution in [3.05, 3.63) is 0 Å². The Kier molecular flexibility index (Phi) is 5.48. The van der Waals surface area contributed by atoms with Crippen LogP contribution < -0.4 is 11.5 Å². The molecule has 0 rings (SSSR count). The van der Waals surface area contributed by atoms with E-state index in [2.05, 4.69) is 8.37 Å². The molecule has 4 N–H and O–H groups in total. The monoisotopic (exact) mass is 248 g/mol. The second-order valence-electron chi connectivity index (χ2n) is 2.04. The zero-order valence-corrected chi connectivity index (χ0v) is 8.88. The van der Waals surface area contributed by atoms with Gasteiger partial charge in [-0.2, -0.15) is 16.8 Å². The van der Waals surface area contributed by atoms with Gasteiger partial charge in [0.1, 0.15) is 0 Å². The topological polar surface area (TPSA) is 139 Å². The van der Waals surface area contributed by atoms with E-state index in [-0.39, 0.29) is 13.1 Å². The first kappa shape index (κ1) is 13.7. The van der Waals surface area contributed by atoms with Gasteiger partial charge in [-0.25, -0.2) is 0 Å². The molecular weight excluding hydrogens is 236 g/mol. The summed E-state index contributed by atoms with van der Waals surface area (Å²) in [4.78, 5) is 0. The molecule has 14 heavy (non-hydrogen) atoms. The Morgan fingerprint density at radius 1 is 0.786 bits per heavy atom. The minimum Gasteiger partial charge on any atom is -0.328 e. The highest BCUT2D eigenvalue weighted by Crippen LogP contribution is 2.06. The molecule has 0 aromatic carbocycles. The van der Waals surface area contributed by atoms with E-state index in [9.17, 15) is 16.8 Å². The van der Waals surface area contributed by atoms with Gasteiger partial charge in [-0.1, -0.05) is 0 Å². The van der Waals surface area contributed by atoms with Crippen molar-refractivity contribution < 1.29 is 25.2 Å². The summed E-state index contributed by atoms with van der Waals surface area (Å²) in [7, 11) is -9.56. The van der Waals surface area contributed by atoms with E-state index in [0.29, 0.717) is 0 Å². The van der Waals surface area contributed by atoms with Crippen molar-refractivity contribution in [1.82, 2.24) is 0 Å². The summed E-state index contributed by atoms with van der Waals surface area (Å²) >= 11 is 0. The maximum Gasteiger partial charge on any atom is 0.400 e. The van der Waals surface area contributed by atoms with E-state index < -0.39 is 31.5 Å². The Hall–Kier alpha value is -0.260. The second-order valence-corrected chi connectivity index (χ2v) is 6.59. The van der Waals surface area contributed by atoms with Gasteiger partial charge in [-0.15, -0.1) is 0 Å². The first-order valence-electron chi connectivity index (χ1n) is 3.56. The van der Waals surface area contributed by atoms with Gasteiger partial charge in [0.15, 0.2) is 0 Å². The van der Waals surface area contributed by atoms with Crippen LogP contribution in [0.5, 0.6) is 0 Å². The van der Waals surface area contributed by atoms with E-state index in [4.69, 9.17) is 11.5 Å². The molecule has 0 bridgehead atoms. The largest absolute Gasteiger partial charge is 0.400 e. The van der Waals surface area contributed by atoms with Crippen molar-refractivity contribution in [2.75, 3.05) is 26.3 Å². The van der Waals surface area contributed by atoms with Crippen LogP contribution >= 0.6 is 0 Å². The molecule has 0 aliphatic rings. The highest BCUT2D eigenvalue weighted by atomic mass is 33.2. The minimum absolute atomic E-state index is 0.119. The summed E-state index contributed by atoms with van der Waals surface area (Å²) in [6, 6.07) is 0. The van der Waals surface area contributed by atoms with Gasteiger partial charge in [-0.05, 0) is 0 Å². The van der Waals surface area contributed by atoms with Crippen LogP contribution in [0.1, 0.15) is 0 Å². The summed E-state index contributed by atoms with van der Waals surface area (Å²) < 4.78 is 51.6. The van der Waals surface area contributed by atoms with Crippen LogP contribution in [-0.2, 0) is 26.7 Å². The van der Waals surface area contributed by atoms with Gasteiger partial charge in [0.25, 0.3) is 0 Å². The third kappa shape index (κ3) is 3.86. The SMILES string of the molecule is NCCOS(=O)(=O)S(=O)(=O)OCCN. The Bertz CT molecular complexity index is 310. The lowest BCUT2D eigenvalue weighted by Gasteiger charge is -2.04. The summed E-state index contributed by atoms with van der Waals surface area (Å²) in [5.41, 5.74) is 9.87. The summed E-state index contributed by atoms with van der Waals surface area (Å²) in [5.74, 6) is 0. The highest BCUT2D eigenvalue weighted by Gasteiger charge is 2.31. The Morgan fingerprint density at radius 3 is 1.29 bits per heavy atom. The Morgan fingerprint density at radius 2 is 1.07 bits per heavy atom. The highest BCUT2D eigenvalue weighted by molar-refractivity contribution is 8.63. The molecule has 0 radical (unpaired) electrons. The fraction of sp³-hybridized carbons (Fsp3) is 1.00. The lowest BCUT2D eigenvalue weighted by Crippen LogP contribution is -2.25. The third-order valence-electron chi connectivity index (χ3n) is 0.941. The zero-order chi connectivity index (χ0) is 11.2. The van der Waals surface area contributed by atoms with Crippen molar-refractivity contribution in [3.8, 4) is 0 Å². The lowest BCUT2D eigenvalue weighted by atomic mass is 10.8. The molecular formula is C4H12N2O6S2. The molecule has 0 aliphatic heterocycles. The number of hydrogen-bond donors (Lipinski definition) is 2. The van der Waals surface area contributed by atoms with Crippen LogP contribution in [0.3, 0.4) is 0 Å². The van der Waals surface area contributed by atoms with E-state index in [1.807, 2.05) is 0 Å². The molecule has 0 saturated heterocycles. The molecule has 0 heterocycles. The second kappa shape index (κ2) is 5.58. The van der Waals surface area contributed by atoms with E-state index in [1.165, 1.54) is 0 Å². The summed E-state index contributed by atoms with van der Waals surface area (Å²) in [6.45, 7) is -1.08. The molecule has 0 amide bonds. The van der Waals surface area contributed by atoms with Crippen LogP contribution in [0.2, 0.25) is 0 Å². The quantitative estimate of drug-likeness (QED) is 0.472. The average Bonchev–Trinajstić information content (AvgIpc) is 2.11. The van der Waals surface area contributed by atoms with Crippen molar-refractivity contribution in [2.24, 2.45) is 11.5 Å². The van der Waals surface area contributed by atoms with Gasteiger partial charge >= 0.3 is 18.3 Å². The maximum atomic E-state index is 10.9. The fourth-order valence-electron chi connectivity index (χ4n) is 0.418. The van der Waals surface area contributed by atoms with Crippen LogP contribution in [0, 0.1) is 0 Å². The summed E-state index contributed by atoms with van der Waals surface area (Å²) in [6.07, 6.45) is 0. The molecule has 8 nitrogen and oxygen atoms in total. The zero-order valence-electron chi connectivity index (χ0n) is 7.25. The Labute approximate surface area is 81.8 Å². The molecule has 0 aromatic heterocycles. The Balaban J connectivity index is 4.55. The van der Waals surface area contributed by atoms with Crippen molar-refractivity contribution in [1.29, 1.82) is 0 Å². The van der Waals surface area contributed by atoms with Crippen LogP contribution in [0.25, 0.3) is 0 Å². The van der Waals surface area contributed by atoms with Crippen molar-refractivity contribution in [3.63, 3.8) is 0 Å². The molecule has 0 atom stereocenters. The van der Waals surface area contributed by atoms with Crippen molar-refractivity contribution in [2.45, 2.75) is 0 Å². The van der Waals surface area contributed by atoms with Crippen molar-refractivity contribution >= 4 is 18.3 Å². The number of nitrogens with two attached hydrogens (primary N) is 2. The molecule has 0 aliphatic carbocycles. The number of rotatable bonds is 7. The molecule has 0 spiro atoms. The van der Waals surface area contributed by atoms with E-state index in [0.717, 1.165) is 0 Å². The molecule has 10 heteroatoms. The predicted octanol–water partition coefficient (Wildman–Crippen LogP) is -2.49. The van der Waals surface area contributed by atoms with Gasteiger partial charge in [0, 0.05) is 13.1 Å². The van der Waals surface area contributed by atoms with E-state index in [1.54, 1.807) is 0 Å². The fourth-order valence-corrected chi connectivity index (χ4v) is 2.37. The molecule has 0 fully saturated rings. The van der Waals surface area contributed by atoms with Gasteiger partial charge in [0.2, 0.25) is 0 Å². The third-order valence-corrected chi connectivity index (χ3v) is 4.43. The normalized spacial score (nSPS) is 13.0. The minimum atomic E-state index is -4.78. The molecule has 0 saturated carbocycles. The van der Waals surface area contributed by atoms with E-state index >= 15 is 0 Å². The molecule has 0 aromatic rings. The summed E-state index contributed by atoms with van der Waals surface area (Å²) in [5, 5.41) is 0. The van der Waals surface area contributed by atoms with Gasteiger partial charge in [0.05, 0.1) is 13.2 Å². The van der Waals surface area contributed by atoms with Gasteiger partial charge in [-0.3, -0.25) is 8.37 Å². The van der Waals surface area contributed by atoms with Crippen LogP contribution in [-0.4, -0.2) is 43.1 Å². The molecule has 86 valence electrons. The molecule has 0 unspecified atom stereocenters.